The summed E-state index contributed by atoms with van der Waals surface area (Å²) >= 11 is 1.76. The van der Waals surface area contributed by atoms with E-state index in [2.05, 4.69) is 22.3 Å². The van der Waals surface area contributed by atoms with Crippen LogP contribution in [0.15, 0.2) is 0 Å². The number of aryl methyl sites for hydroxylation is 2. The summed E-state index contributed by atoms with van der Waals surface area (Å²) in [7, 11) is 1.60. The molecular formula is C17H21N5O2S. The monoisotopic (exact) mass is 359 g/mol. The lowest BCUT2D eigenvalue weighted by Gasteiger charge is -2.18. The Hall–Kier alpha value is -2.06. The number of nitrogens with zero attached hydrogens (tertiary/aromatic N) is 4. The summed E-state index contributed by atoms with van der Waals surface area (Å²) in [6.45, 7) is 5.05. The van der Waals surface area contributed by atoms with E-state index in [4.69, 9.17) is 9.72 Å². The summed E-state index contributed by atoms with van der Waals surface area (Å²) < 4.78 is 6.65. The predicted octanol–water partition coefficient (Wildman–Crippen LogP) is 2.46. The molecule has 25 heavy (non-hydrogen) atoms. The molecule has 1 N–H and O–H groups in total. The number of thiophene rings is 1. The largest absolute Gasteiger partial charge is 0.383 e. The van der Waals surface area contributed by atoms with Crippen molar-refractivity contribution in [2.45, 2.75) is 39.0 Å². The van der Waals surface area contributed by atoms with Crippen LogP contribution in [0, 0.1) is 6.92 Å². The molecule has 132 valence electrons. The van der Waals surface area contributed by atoms with Crippen molar-refractivity contribution in [1.29, 1.82) is 0 Å². The maximum Gasteiger partial charge on any atom is 0.291 e. The third-order valence-corrected chi connectivity index (χ3v) is 5.89. The van der Waals surface area contributed by atoms with Crippen molar-refractivity contribution in [3.05, 3.63) is 22.1 Å². The Balaban J connectivity index is 1.86. The molecule has 3 aromatic heterocycles. The fourth-order valence-electron chi connectivity index (χ4n) is 3.53. The van der Waals surface area contributed by atoms with Crippen LogP contribution in [-0.4, -0.2) is 45.8 Å². The molecule has 0 fully saturated rings. The number of carbonyl (C=O) groups excluding carboxylic acids is 1. The van der Waals surface area contributed by atoms with E-state index >= 15 is 0 Å². The Morgan fingerprint density at radius 3 is 3.08 bits per heavy atom. The Labute approximate surface area is 149 Å². The van der Waals surface area contributed by atoms with Crippen molar-refractivity contribution in [2.24, 2.45) is 0 Å². The molecular weight excluding hydrogens is 338 g/mol. The summed E-state index contributed by atoms with van der Waals surface area (Å²) in [5.41, 5.74) is 2.09. The zero-order valence-corrected chi connectivity index (χ0v) is 15.4. The average Bonchev–Trinajstić information content (AvgIpc) is 3.17. The van der Waals surface area contributed by atoms with E-state index in [1.807, 2.05) is 6.92 Å². The number of carbonyl (C=O) groups is 1. The maximum absolute atomic E-state index is 12.3. The standard InChI is InChI=1S/C17H21N5O2S/c1-9-5-4-6-11-12(9)13-15-20-14(16(23)18-7-8-24-3)21-22(15)10(2)19-17(13)25-11/h9H,4-8H2,1-3H3,(H,18,23)/t9-/m0/s1. The average molecular weight is 359 g/mol. The lowest BCUT2D eigenvalue weighted by molar-refractivity contribution is 0.0927. The Kier molecular flexibility index (Phi) is 4.16. The molecule has 1 amide bonds. The number of ether oxygens (including phenoxy) is 1. The zero-order valence-electron chi connectivity index (χ0n) is 14.6. The summed E-state index contributed by atoms with van der Waals surface area (Å²) in [4.78, 5) is 24.0. The molecule has 4 rings (SSSR count). The highest BCUT2D eigenvalue weighted by atomic mass is 32.1. The Morgan fingerprint density at radius 2 is 2.28 bits per heavy atom. The van der Waals surface area contributed by atoms with Crippen LogP contribution in [-0.2, 0) is 11.2 Å². The summed E-state index contributed by atoms with van der Waals surface area (Å²) in [6, 6.07) is 0. The van der Waals surface area contributed by atoms with Crippen molar-refractivity contribution >= 4 is 33.1 Å². The van der Waals surface area contributed by atoms with Crippen molar-refractivity contribution in [3.8, 4) is 0 Å². The van der Waals surface area contributed by atoms with Crippen LogP contribution < -0.4 is 5.32 Å². The second-order valence-corrected chi connectivity index (χ2v) is 7.57. The van der Waals surface area contributed by atoms with Crippen LogP contribution in [0.4, 0.5) is 0 Å². The highest BCUT2D eigenvalue weighted by Crippen LogP contribution is 2.42. The third kappa shape index (κ3) is 2.69. The maximum atomic E-state index is 12.3. The summed E-state index contributed by atoms with van der Waals surface area (Å²) in [5, 5.41) is 8.23. The normalized spacial score (nSPS) is 17.2. The molecule has 0 unspecified atom stereocenters. The second kappa shape index (κ2) is 6.34. The molecule has 0 saturated heterocycles. The van der Waals surface area contributed by atoms with Crippen LogP contribution in [0.25, 0.3) is 15.9 Å². The minimum Gasteiger partial charge on any atom is -0.383 e. The van der Waals surface area contributed by atoms with Crippen molar-refractivity contribution in [2.75, 3.05) is 20.3 Å². The molecule has 1 aliphatic rings. The first-order valence-corrected chi connectivity index (χ1v) is 9.37. The minimum absolute atomic E-state index is 0.178. The van der Waals surface area contributed by atoms with Crippen LogP contribution >= 0.6 is 11.3 Å². The highest BCUT2D eigenvalue weighted by molar-refractivity contribution is 7.19. The molecule has 0 saturated carbocycles. The van der Waals surface area contributed by atoms with Crippen LogP contribution in [0.1, 0.15) is 52.6 Å². The molecule has 0 radical (unpaired) electrons. The van der Waals surface area contributed by atoms with Gasteiger partial charge < -0.3 is 10.1 Å². The summed E-state index contributed by atoms with van der Waals surface area (Å²) in [5.74, 6) is 1.13. The number of methoxy groups -OCH3 is 1. The van der Waals surface area contributed by atoms with E-state index in [-0.39, 0.29) is 11.7 Å². The number of rotatable bonds is 4. The molecule has 8 heteroatoms. The molecule has 0 aromatic carbocycles. The van der Waals surface area contributed by atoms with Crippen LogP contribution in [0.3, 0.4) is 0 Å². The number of hydrogen-bond donors (Lipinski definition) is 1. The minimum atomic E-state index is -0.287. The lowest BCUT2D eigenvalue weighted by Crippen LogP contribution is -2.27. The van der Waals surface area contributed by atoms with Gasteiger partial charge in [-0.25, -0.2) is 9.97 Å². The number of nitrogens with one attached hydrogen (secondary N) is 1. The fraction of sp³-hybridized carbons (Fsp3) is 0.529. The van der Waals surface area contributed by atoms with E-state index in [0.717, 1.165) is 28.1 Å². The van der Waals surface area contributed by atoms with Gasteiger partial charge in [-0.05, 0) is 37.7 Å². The van der Waals surface area contributed by atoms with Gasteiger partial charge in [0.25, 0.3) is 5.91 Å². The number of fused-ring (bicyclic) bond motifs is 5. The fourth-order valence-corrected chi connectivity index (χ4v) is 4.90. The molecule has 7 nitrogen and oxygen atoms in total. The number of hydrogen-bond acceptors (Lipinski definition) is 6. The topological polar surface area (TPSA) is 81.4 Å². The Bertz CT molecular complexity index is 961. The number of aromatic nitrogens is 4. The van der Waals surface area contributed by atoms with Crippen molar-refractivity contribution < 1.29 is 9.53 Å². The zero-order chi connectivity index (χ0) is 17.6. The van der Waals surface area contributed by atoms with Crippen LogP contribution in [0.5, 0.6) is 0 Å². The van der Waals surface area contributed by atoms with Gasteiger partial charge in [0.15, 0.2) is 5.65 Å². The van der Waals surface area contributed by atoms with Crippen molar-refractivity contribution in [1.82, 2.24) is 24.9 Å². The second-order valence-electron chi connectivity index (χ2n) is 6.49. The molecule has 3 aromatic rings. The SMILES string of the molecule is COCCNC(=O)c1nc2c3c4c(sc3nc(C)n2n1)CCC[C@@H]4C. The first kappa shape index (κ1) is 16.4. The summed E-state index contributed by atoms with van der Waals surface area (Å²) in [6.07, 6.45) is 3.50. The van der Waals surface area contributed by atoms with E-state index in [1.165, 1.54) is 23.3 Å². The van der Waals surface area contributed by atoms with Gasteiger partial charge in [-0.1, -0.05) is 6.92 Å². The third-order valence-electron chi connectivity index (χ3n) is 4.73. The molecule has 0 spiro atoms. The van der Waals surface area contributed by atoms with E-state index in [1.54, 1.807) is 23.0 Å². The molecule has 1 atom stereocenters. The predicted molar refractivity (Wildman–Crippen MR) is 96.5 cm³/mol. The number of amides is 1. The quantitative estimate of drug-likeness (QED) is 0.724. The van der Waals surface area contributed by atoms with E-state index < -0.39 is 0 Å². The van der Waals surface area contributed by atoms with Gasteiger partial charge in [0, 0.05) is 18.5 Å². The molecule has 1 aliphatic carbocycles. The smallest absolute Gasteiger partial charge is 0.291 e. The van der Waals surface area contributed by atoms with E-state index in [0.29, 0.717) is 19.1 Å². The van der Waals surface area contributed by atoms with Gasteiger partial charge >= 0.3 is 0 Å². The first-order chi connectivity index (χ1) is 12.1. The first-order valence-electron chi connectivity index (χ1n) is 8.56. The molecule has 0 aliphatic heterocycles. The van der Waals surface area contributed by atoms with Gasteiger partial charge in [0.1, 0.15) is 10.7 Å². The van der Waals surface area contributed by atoms with Gasteiger partial charge in [-0.2, -0.15) is 4.52 Å². The van der Waals surface area contributed by atoms with Gasteiger partial charge in [-0.3, -0.25) is 4.79 Å². The van der Waals surface area contributed by atoms with Gasteiger partial charge in [-0.15, -0.1) is 16.4 Å². The lowest BCUT2D eigenvalue weighted by atomic mass is 9.87. The van der Waals surface area contributed by atoms with Gasteiger partial charge in [0.2, 0.25) is 5.82 Å². The molecule has 0 bridgehead atoms. The van der Waals surface area contributed by atoms with E-state index in [9.17, 15) is 4.79 Å². The van der Waals surface area contributed by atoms with Crippen LogP contribution in [0.2, 0.25) is 0 Å². The molecule has 3 heterocycles. The Morgan fingerprint density at radius 1 is 1.44 bits per heavy atom. The highest BCUT2D eigenvalue weighted by Gasteiger charge is 2.26. The van der Waals surface area contributed by atoms with Crippen molar-refractivity contribution in [3.63, 3.8) is 0 Å². The van der Waals surface area contributed by atoms with Gasteiger partial charge in [0.05, 0.1) is 12.0 Å².